The molecule has 2 aliphatic heterocycles. The molecule has 4 N–H and O–H groups in total. The number of likely N-dealkylation sites (tertiary alicyclic amines) is 1. The molecule has 2 aliphatic rings. The minimum atomic E-state index is -5.20. The van der Waals surface area contributed by atoms with Gasteiger partial charge in [0.25, 0.3) is 5.91 Å². The van der Waals surface area contributed by atoms with Gasteiger partial charge in [-0.3, -0.25) is 29.3 Å². The van der Waals surface area contributed by atoms with Crippen LogP contribution in [-0.2, 0) is 24.0 Å². The molecule has 2 fully saturated rings. The minimum absolute atomic E-state index is 0.0525. The fourth-order valence-corrected chi connectivity index (χ4v) is 4.29. The third-order valence-corrected chi connectivity index (χ3v) is 6.31. The highest BCUT2D eigenvalue weighted by Gasteiger charge is 2.60. The van der Waals surface area contributed by atoms with E-state index in [0.717, 1.165) is 21.6 Å². The van der Waals surface area contributed by atoms with Gasteiger partial charge < -0.3 is 25.8 Å². The summed E-state index contributed by atoms with van der Waals surface area (Å²) in [5.74, 6) is -5.88. The molecule has 7 amide bonds. The van der Waals surface area contributed by atoms with E-state index in [9.17, 15) is 41.9 Å². The molecule has 0 radical (unpaired) electrons. The van der Waals surface area contributed by atoms with Crippen molar-refractivity contribution in [3.8, 4) is 0 Å². The predicted molar refractivity (Wildman–Crippen MR) is 113 cm³/mol. The molecule has 4 atom stereocenters. The number of alkyl halides is 3. The van der Waals surface area contributed by atoms with Crippen molar-refractivity contribution in [1.29, 1.82) is 0 Å². The first kappa shape index (κ1) is 27.9. The van der Waals surface area contributed by atoms with Crippen LogP contribution < -0.4 is 16.4 Å². The quantitative estimate of drug-likeness (QED) is 0.373. The van der Waals surface area contributed by atoms with Crippen molar-refractivity contribution in [3.63, 3.8) is 0 Å². The van der Waals surface area contributed by atoms with Crippen LogP contribution in [0.4, 0.5) is 18.0 Å². The lowest BCUT2D eigenvalue weighted by atomic mass is 9.94. The Morgan fingerprint density at radius 2 is 1.80 bits per heavy atom. The number of nitrogens with zero attached hydrogens (tertiary/aromatic N) is 3. The lowest BCUT2D eigenvalue weighted by Gasteiger charge is -2.35. The second kappa shape index (κ2) is 9.70. The summed E-state index contributed by atoms with van der Waals surface area (Å²) in [5, 5.41) is 3.68. The molecule has 196 valence electrons. The number of urea groups is 1. The number of imide groups is 1. The van der Waals surface area contributed by atoms with Crippen LogP contribution in [0, 0.1) is 5.92 Å². The Morgan fingerprint density at radius 3 is 2.23 bits per heavy atom. The largest absolute Gasteiger partial charge is 0.471 e. The number of nitrogens with one attached hydrogen (secondary N) is 2. The maximum Gasteiger partial charge on any atom is 0.471 e. The highest BCUT2D eigenvalue weighted by molar-refractivity contribution is 6.08. The van der Waals surface area contributed by atoms with Gasteiger partial charge in [-0.1, -0.05) is 13.8 Å². The van der Waals surface area contributed by atoms with E-state index >= 15 is 0 Å². The van der Waals surface area contributed by atoms with Crippen molar-refractivity contribution in [2.75, 3.05) is 20.6 Å². The van der Waals surface area contributed by atoms with Crippen LogP contribution in [0.1, 0.15) is 33.6 Å². The summed E-state index contributed by atoms with van der Waals surface area (Å²) < 4.78 is 37.8. The van der Waals surface area contributed by atoms with E-state index in [1.165, 1.54) is 14.1 Å². The molecular formula is C20H29F3N6O6. The molecule has 0 unspecified atom stereocenters. The van der Waals surface area contributed by atoms with Crippen LogP contribution in [0.3, 0.4) is 0 Å². The summed E-state index contributed by atoms with van der Waals surface area (Å²) in [4.78, 5) is 77.4. The molecule has 0 aromatic heterocycles. The maximum atomic E-state index is 13.6. The van der Waals surface area contributed by atoms with E-state index in [-0.39, 0.29) is 25.3 Å². The topological polar surface area (TPSA) is 162 Å². The number of carbonyl (C=O) groups excluding carboxylic acids is 6. The lowest BCUT2D eigenvalue weighted by molar-refractivity contribution is -0.175. The summed E-state index contributed by atoms with van der Waals surface area (Å²) in [6.07, 6.45) is -5.41. The zero-order chi connectivity index (χ0) is 27.0. The minimum Gasteiger partial charge on any atom is -0.368 e. The van der Waals surface area contributed by atoms with E-state index < -0.39 is 65.4 Å². The summed E-state index contributed by atoms with van der Waals surface area (Å²) in [6, 6.07) is -4.86. The summed E-state index contributed by atoms with van der Waals surface area (Å²) in [6.45, 7) is 4.15. The van der Waals surface area contributed by atoms with Crippen LogP contribution in [0.5, 0.6) is 0 Å². The number of amides is 7. The van der Waals surface area contributed by atoms with Gasteiger partial charge in [-0.2, -0.15) is 13.2 Å². The normalized spacial score (nSPS) is 24.0. The number of likely N-dealkylation sites (N-methyl/N-ethyl adjacent to an activating group) is 2. The number of hydrogen-bond donors (Lipinski definition) is 3. The Kier molecular flexibility index (Phi) is 7.72. The van der Waals surface area contributed by atoms with Gasteiger partial charge in [0.1, 0.15) is 23.7 Å². The number of carbonyl (C=O) groups is 6. The van der Waals surface area contributed by atoms with Gasteiger partial charge in [-0.25, -0.2) is 4.79 Å². The number of nitrogens with two attached hydrogens (primary N) is 1. The van der Waals surface area contributed by atoms with Gasteiger partial charge in [0.05, 0.1) is 6.54 Å². The third kappa shape index (κ3) is 5.32. The summed E-state index contributed by atoms with van der Waals surface area (Å²) in [7, 11) is 2.52. The fourth-order valence-electron chi connectivity index (χ4n) is 4.29. The zero-order valence-corrected chi connectivity index (χ0v) is 19.9. The monoisotopic (exact) mass is 506 g/mol. The van der Waals surface area contributed by atoms with Crippen LogP contribution in [-0.4, -0.2) is 101 Å². The Hall–Kier alpha value is -3.39. The molecule has 0 aromatic rings. The molecule has 35 heavy (non-hydrogen) atoms. The average molecular weight is 506 g/mol. The van der Waals surface area contributed by atoms with E-state index in [1.807, 2.05) is 0 Å². The highest BCUT2D eigenvalue weighted by atomic mass is 19.4. The molecule has 1 spiro atoms. The average Bonchev–Trinajstić information content (AvgIpc) is 3.24. The van der Waals surface area contributed by atoms with Crippen LogP contribution in [0.15, 0.2) is 0 Å². The zero-order valence-electron chi connectivity index (χ0n) is 19.9. The molecule has 0 aromatic carbocycles. The standard InChI is InChI=1S/C20H29F3N6O6/c1-9(2)6-11(27(4)14(31)10(3)25-17(34)20(21,22)23)15(32)29-8-19(7-12(29)13(24)30)16(33)26-18(35)28(19)5/h9-12H,6-8H2,1-5H3,(H2,24,30)(H,25,34)(H,26,33,35)/t10-,11-,12-,19+/m0/s1. The highest BCUT2D eigenvalue weighted by Crippen LogP contribution is 2.36. The first-order valence-corrected chi connectivity index (χ1v) is 10.8. The SMILES string of the molecule is CC(C)C[C@@H](C(=O)N1C[C@]2(C[C@H]1C(N)=O)C(=O)NC(=O)N2C)N(C)C(=O)[C@H](C)NC(=O)C(F)(F)F. The van der Waals surface area contributed by atoms with E-state index in [1.54, 1.807) is 19.2 Å². The Balaban J connectivity index is 2.35. The molecule has 0 aliphatic carbocycles. The predicted octanol–water partition coefficient (Wildman–Crippen LogP) is -1.07. The van der Waals surface area contributed by atoms with Crippen molar-refractivity contribution in [1.82, 2.24) is 25.3 Å². The van der Waals surface area contributed by atoms with Gasteiger partial charge in [0.15, 0.2) is 0 Å². The van der Waals surface area contributed by atoms with Crippen molar-refractivity contribution in [2.24, 2.45) is 11.7 Å². The van der Waals surface area contributed by atoms with Gasteiger partial charge in [0.2, 0.25) is 17.7 Å². The number of hydrogen-bond acceptors (Lipinski definition) is 6. The van der Waals surface area contributed by atoms with Crippen molar-refractivity contribution in [2.45, 2.75) is 63.5 Å². The molecule has 2 heterocycles. The molecule has 0 bridgehead atoms. The van der Waals surface area contributed by atoms with E-state index in [2.05, 4.69) is 5.32 Å². The van der Waals surface area contributed by atoms with Crippen LogP contribution in [0.2, 0.25) is 0 Å². The third-order valence-electron chi connectivity index (χ3n) is 6.31. The van der Waals surface area contributed by atoms with E-state index in [4.69, 9.17) is 5.73 Å². The maximum absolute atomic E-state index is 13.6. The molecule has 2 rings (SSSR count). The van der Waals surface area contributed by atoms with Gasteiger partial charge in [0, 0.05) is 20.5 Å². The van der Waals surface area contributed by atoms with Crippen molar-refractivity contribution in [3.05, 3.63) is 0 Å². The Morgan fingerprint density at radius 1 is 1.23 bits per heavy atom. The lowest BCUT2D eigenvalue weighted by Crippen LogP contribution is -2.58. The molecular weight excluding hydrogens is 477 g/mol. The van der Waals surface area contributed by atoms with Gasteiger partial charge in [-0.15, -0.1) is 0 Å². The number of rotatable bonds is 7. The first-order chi connectivity index (χ1) is 15.9. The van der Waals surface area contributed by atoms with E-state index in [0.29, 0.717) is 0 Å². The molecule has 15 heteroatoms. The Labute approximate surface area is 199 Å². The second-order valence-corrected chi connectivity index (χ2v) is 9.23. The molecule has 0 saturated carbocycles. The van der Waals surface area contributed by atoms with Crippen LogP contribution in [0.25, 0.3) is 0 Å². The number of halogens is 3. The second-order valence-electron chi connectivity index (χ2n) is 9.23. The smallest absolute Gasteiger partial charge is 0.368 e. The number of primary amides is 1. The van der Waals surface area contributed by atoms with Crippen molar-refractivity contribution >= 4 is 35.6 Å². The summed E-state index contributed by atoms with van der Waals surface area (Å²) in [5.41, 5.74) is 3.94. The van der Waals surface area contributed by atoms with Gasteiger partial charge >= 0.3 is 18.1 Å². The van der Waals surface area contributed by atoms with Crippen LogP contribution >= 0.6 is 0 Å². The summed E-state index contributed by atoms with van der Waals surface area (Å²) >= 11 is 0. The first-order valence-electron chi connectivity index (χ1n) is 10.8. The van der Waals surface area contributed by atoms with Gasteiger partial charge in [-0.05, 0) is 19.3 Å². The fraction of sp³-hybridized carbons (Fsp3) is 0.700. The molecule has 2 saturated heterocycles. The van der Waals surface area contributed by atoms with Crippen molar-refractivity contribution < 1.29 is 41.9 Å². The Bertz CT molecular complexity index is 941. The molecule has 12 nitrogen and oxygen atoms in total.